The van der Waals surface area contributed by atoms with Gasteiger partial charge in [-0.15, -0.1) is 0 Å². The summed E-state index contributed by atoms with van der Waals surface area (Å²) in [5, 5.41) is 19.6. The number of rotatable bonds is 6. The molecule has 4 aromatic rings. The van der Waals surface area contributed by atoms with Gasteiger partial charge in [0.05, 0.1) is 24.4 Å². The molecule has 0 saturated carbocycles. The normalized spacial score (nSPS) is 15.6. The smallest absolute Gasteiger partial charge is 0.335 e. The Labute approximate surface area is 217 Å². The average molecular weight is 512 g/mol. The Hall–Kier alpha value is -4.73. The number of aromatic nitrogens is 3. The third-order valence-corrected chi connectivity index (χ3v) is 7.26. The topological polar surface area (TPSA) is 135 Å². The minimum Gasteiger partial charge on any atom is -0.493 e. The lowest BCUT2D eigenvalue weighted by Crippen LogP contribution is -2.30. The molecule has 1 aliphatic heterocycles. The predicted molar refractivity (Wildman–Crippen MR) is 136 cm³/mol. The van der Waals surface area contributed by atoms with Gasteiger partial charge in [0, 0.05) is 25.1 Å². The minimum atomic E-state index is -0.966. The van der Waals surface area contributed by atoms with Crippen LogP contribution in [0.2, 0.25) is 0 Å². The van der Waals surface area contributed by atoms with Crippen molar-refractivity contribution < 1.29 is 24.2 Å². The molecule has 3 N–H and O–H groups in total. The number of carboxylic acids is 1. The highest BCUT2D eigenvalue weighted by Gasteiger charge is 2.29. The van der Waals surface area contributed by atoms with E-state index in [0.29, 0.717) is 31.6 Å². The van der Waals surface area contributed by atoms with Gasteiger partial charge in [0.15, 0.2) is 5.65 Å². The highest BCUT2D eigenvalue weighted by molar-refractivity contribution is 5.98. The van der Waals surface area contributed by atoms with E-state index < -0.39 is 17.8 Å². The molecule has 192 valence electrons. The van der Waals surface area contributed by atoms with E-state index in [-0.39, 0.29) is 23.0 Å². The van der Waals surface area contributed by atoms with Crippen LogP contribution in [0.3, 0.4) is 0 Å². The molecular weight excluding hydrogens is 486 g/mol. The summed E-state index contributed by atoms with van der Waals surface area (Å²) in [5.41, 5.74) is 5.60. The fourth-order valence-corrected chi connectivity index (χ4v) is 5.31. The third kappa shape index (κ3) is 4.13. The standard InChI is InChI=1S/C28H25N5O5/c1-15-18-5-6-21(20(18)4-3-19(15)28(36)37)32-27(35)23-13-22(31-25-8-10-30-33(23)25)26(34)29-14-16-2-7-24-17(12-16)9-11-38-24/h2-4,7-8,10,12-13,21H,5-6,9,11,14H2,1H3,(H,29,34)(H,32,35)(H,36,37)/t21-/m0/s1. The van der Waals surface area contributed by atoms with Crippen LogP contribution in [0.25, 0.3) is 5.65 Å². The second-order valence-electron chi connectivity index (χ2n) is 9.53. The van der Waals surface area contributed by atoms with Crippen molar-refractivity contribution in [2.45, 2.75) is 38.8 Å². The number of hydrogen-bond donors (Lipinski definition) is 3. The molecule has 0 bridgehead atoms. The molecule has 2 aromatic heterocycles. The lowest BCUT2D eigenvalue weighted by molar-refractivity contribution is 0.0695. The van der Waals surface area contributed by atoms with Gasteiger partial charge in [0.1, 0.15) is 17.1 Å². The molecule has 0 radical (unpaired) electrons. The molecule has 6 rings (SSSR count). The number of hydrogen-bond acceptors (Lipinski definition) is 6. The predicted octanol–water partition coefficient (Wildman–Crippen LogP) is 3.02. The number of carboxylic acid groups (broad SMARTS) is 1. The molecule has 1 aliphatic carbocycles. The highest BCUT2D eigenvalue weighted by Crippen LogP contribution is 2.35. The van der Waals surface area contributed by atoms with Crippen LogP contribution >= 0.6 is 0 Å². The molecule has 0 saturated heterocycles. The summed E-state index contributed by atoms with van der Waals surface area (Å²) in [6, 6.07) is 12.0. The molecule has 2 aromatic carbocycles. The largest absolute Gasteiger partial charge is 0.493 e. The number of carbonyl (C=O) groups is 3. The Bertz CT molecular complexity index is 1630. The number of carbonyl (C=O) groups excluding carboxylic acids is 2. The lowest BCUT2D eigenvalue weighted by atomic mass is 9.98. The van der Waals surface area contributed by atoms with Crippen LogP contribution in [0, 0.1) is 6.92 Å². The third-order valence-electron chi connectivity index (χ3n) is 7.26. The second-order valence-corrected chi connectivity index (χ2v) is 9.53. The van der Waals surface area contributed by atoms with E-state index >= 15 is 0 Å². The van der Waals surface area contributed by atoms with Crippen molar-refractivity contribution in [1.29, 1.82) is 0 Å². The number of ether oxygens (including phenoxy) is 1. The summed E-state index contributed by atoms with van der Waals surface area (Å²) >= 11 is 0. The van der Waals surface area contributed by atoms with Crippen molar-refractivity contribution in [1.82, 2.24) is 25.2 Å². The monoisotopic (exact) mass is 511 g/mol. The molecule has 2 aliphatic rings. The molecule has 0 unspecified atom stereocenters. The van der Waals surface area contributed by atoms with E-state index in [1.165, 1.54) is 16.8 Å². The van der Waals surface area contributed by atoms with Gasteiger partial charge in [-0.25, -0.2) is 14.3 Å². The Morgan fingerprint density at radius 3 is 2.82 bits per heavy atom. The van der Waals surface area contributed by atoms with Crippen LogP contribution in [0.5, 0.6) is 5.75 Å². The number of nitrogens with one attached hydrogen (secondary N) is 2. The molecular formula is C28H25N5O5. The maximum atomic E-state index is 13.4. The van der Waals surface area contributed by atoms with E-state index in [4.69, 9.17) is 4.74 Å². The number of nitrogens with zero attached hydrogens (tertiary/aromatic N) is 3. The van der Waals surface area contributed by atoms with Crippen LogP contribution in [0.4, 0.5) is 0 Å². The number of benzene rings is 2. The summed E-state index contributed by atoms with van der Waals surface area (Å²) in [7, 11) is 0. The quantitative estimate of drug-likeness (QED) is 0.362. The highest BCUT2D eigenvalue weighted by atomic mass is 16.5. The van der Waals surface area contributed by atoms with Gasteiger partial charge in [0.25, 0.3) is 11.8 Å². The summed E-state index contributed by atoms with van der Waals surface area (Å²) in [6.45, 7) is 2.78. The number of fused-ring (bicyclic) bond motifs is 3. The minimum absolute atomic E-state index is 0.112. The van der Waals surface area contributed by atoms with Gasteiger partial charge in [0.2, 0.25) is 0 Å². The first-order chi connectivity index (χ1) is 18.4. The SMILES string of the molecule is Cc1c(C(=O)O)ccc2c1CC[C@@H]2NC(=O)c1cc(C(=O)NCc2ccc3c(c2)CCO3)nc2ccnn12. The van der Waals surface area contributed by atoms with E-state index in [1.54, 1.807) is 25.1 Å². The van der Waals surface area contributed by atoms with Gasteiger partial charge in [-0.2, -0.15) is 5.10 Å². The Balaban J connectivity index is 1.22. The lowest BCUT2D eigenvalue weighted by Gasteiger charge is -2.16. The number of amides is 2. The van der Waals surface area contributed by atoms with E-state index in [0.717, 1.165) is 40.0 Å². The zero-order chi connectivity index (χ0) is 26.4. The van der Waals surface area contributed by atoms with Crippen molar-refractivity contribution in [3.8, 4) is 5.75 Å². The van der Waals surface area contributed by atoms with Gasteiger partial charge in [-0.1, -0.05) is 18.2 Å². The zero-order valence-electron chi connectivity index (χ0n) is 20.7. The average Bonchev–Trinajstić information content (AvgIpc) is 3.66. The van der Waals surface area contributed by atoms with E-state index in [1.807, 2.05) is 18.2 Å². The van der Waals surface area contributed by atoms with Gasteiger partial charge < -0.3 is 20.5 Å². The number of aromatic carboxylic acids is 1. The van der Waals surface area contributed by atoms with Crippen molar-refractivity contribution in [2.75, 3.05) is 6.61 Å². The van der Waals surface area contributed by atoms with Crippen molar-refractivity contribution >= 4 is 23.4 Å². The van der Waals surface area contributed by atoms with E-state index in [9.17, 15) is 19.5 Å². The maximum absolute atomic E-state index is 13.4. The first-order valence-corrected chi connectivity index (χ1v) is 12.4. The van der Waals surface area contributed by atoms with Crippen molar-refractivity contribution in [3.63, 3.8) is 0 Å². The summed E-state index contributed by atoms with van der Waals surface area (Å²) in [5.74, 6) is -0.883. The summed E-state index contributed by atoms with van der Waals surface area (Å²) in [4.78, 5) is 42.3. The molecule has 38 heavy (non-hydrogen) atoms. The first kappa shape index (κ1) is 23.7. The zero-order valence-corrected chi connectivity index (χ0v) is 20.7. The molecule has 0 spiro atoms. The Morgan fingerprint density at radius 2 is 1.97 bits per heavy atom. The van der Waals surface area contributed by atoms with Gasteiger partial charge in [-0.3, -0.25) is 9.59 Å². The molecule has 0 fully saturated rings. The fourth-order valence-electron chi connectivity index (χ4n) is 5.31. The first-order valence-electron chi connectivity index (χ1n) is 12.4. The maximum Gasteiger partial charge on any atom is 0.335 e. The fraction of sp³-hybridized carbons (Fsp3) is 0.250. The van der Waals surface area contributed by atoms with Crippen molar-refractivity contribution in [2.24, 2.45) is 0 Å². The Morgan fingerprint density at radius 1 is 1.11 bits per heavy atom. The molecule has 2 amide bonds. The van der Waals surface area contributed by atoms with Crippen LogP contribution in [-0.4, -0.2) is 44.1 Å². The molecule has 10 heteroatoms. The second kappa shape index (κ2) is 9.29. The van der Waals surface area contributed by atoms with Gasteiger partial charge in [-0.05, 0) is 59.7 Å². The molecule has 10 nitrogen and oxygen atoms in total. The van der Waals surface area contributed by atoms with E-state index in [2.05, 4.69) is 20.7 Å². The van der Waals surface area contributed by atoms with Crippen LogP contribution in [0.1, 0.15) is 71.6 Å². The summed E-state index contributed by atoms with van der Waals surface area (Å²) < 4.78 is 6.94. The van der Waals surface area contributed by atoms with Crippen LogP contribution < -0.4 is 15.4 Å². The Kier molecular flexibility index (Phi) is 5.79. The summed E-state index contributed by atoms with van der Waals surface area (Å²) in [6.07, 6.45) is 3.69. The molecule has 3 heterocycles. The van der Waals surface area contributed by atoms with Crippen molar-refractivity contribution in [3.05, 3.63) is 93.4 Å². The van der Waals surface area contributed by atoms with Gasteiger partial charge >= 0.3 is 5.97 Å². The molecule has 1 atom stereocenters. The van der Waals surface area contributed by atoms with Crippen LogP contribution in [-0.2, 0) is 19.4 Å². The van der Waals surface area contributed by atoms with Crippen LogP contribution in [0.15, 0.2) is 48.7 Å².